The molecule has 1 aliphatic heterocycles. The second-order valence-corrected chi connectivity index (χ2v) is 6.94. The van der Waals surface area contributed by atoms with Gasteiger partial charge in [0, 0.05) is 19.0 Å². The van der Waals surface area contributed by atoms with Crippen molar-refractivity contribution in [3.05, 3.63) is 65.7 Å². The van der Waals surface area contributed by atoms with E-state index >= 15 is 0 Å². The number of benzene rings is 2. The first-order valence-corrected chi connectivity index (χ1v) is 9.62. The summed E-state index contributed by atoms with van der Waals surface area (Å²) < 4.78 is 11.3. The van der Waals surface area contributed by atoms with Crippen molar-refractivity contribution >= 4 is 6.09 Å². The molecule has 1 amide bonds. The first kappa shape index (κ1) is 20.2. The average molecular weight is 384 g/mol. The summed E-state index contributed by atoms with van der Waals surface area (Å²) in [5.41, 5.74) is 2.24. The third-order valence-electron chi connectivity index (χ3n) is 5.02. The zero-order valence-corrected chi connectivity index (χ0v) is 15.8. The highest BCUT2D eigenvalue weighted by atomic mass is 16.5. The smallest absolute Gasteiger partial charge is 0.137 e. The molecule has 150 valence electrons. The van der Waals surface area contributed by atoms with E-state index in [0.717, 1.165) is 22.6 Å². The van der Waals surface area contributed by atoms with E-state index in [1.807, 2.05) is 42.5 Å². The number of carboxylic acid groups (broad SMARTS) is 1. The highest BCUT2D eigenvalue weighted by Crippen LogP contribution is 2.29. The predicted molar refractivity (Wildman–Crippen MR) is 103 cm³/mol. The second kappa shape index (κ2) is 10.1. The van der Waals surface area contributed by atoms with Crippen molar-refractivity contribution in [2.45, 2.75) is 24.9 Å². The maximum atomic E-state index is 10.9. The molecule has 3 rings (SSSR count). The van der Waals surface area contributed by atoms with Crippen LogP contribution in [0.2, 0.25) is 0 Å². The van der Waals surface area contributed by atoms with Crippen LogP contribution in [0.1, 0.15) is 23.5 Å². The van der Waals surface area contributed by atoms with Gasteiger partial charge in [-0.15, -0.1) is 0 Å². The third kappa shape index (κ3) is 5.71. The molecule has 1 fully saturated rings. The largest absolute Gasteiger partial charge is 0.530 e. The Balaban J connectivity index is 1.37. The van der Waals surface area contributed by atoms with Crippen molar-refractivity contribution in [2.24, 2.45) is 0 Å². The van der Waals surface area contributed by atoms with Crippen molar-refractivity contribution in [3.8, 4) is 5.75 Å². The Morgan fingerprint density at radius 2 is 1.82 bits per heavy atom. The first-order chi connectivity index (χ1) is 13.6. The minimum Gasteiger partial charge on any atom is -0.530 e. The van der Waals surface area contributed by atoms with Crippen LogP contribution in [0.5, 0.6) is 5.75 Å². The molecule has 6 nitrogen and oxygen atoms in total. The number of rotatable bonds is 8. The fraction of sp³-hybridized carbons (Fsp3) is 0.409. The zero-order chi connectivity index (χ0) is 19.8. The first-order valence-electron chi connectivity index (χ1n) is 9.62. The molecule has 0 bridgehead atoms. The Morgan fingerprint density at radius 1 is 1.07 bits per heavy atom. The van der Waals surface area contributed by atoms with Gasteiger partial charge in [-0.05, 0) is 36.1 Å². The standard InChI is InChI=1S/C22H27NO5/c24-21-16-23(22(25)26)12-10-20(21)18-6-8-19(9-7-18)28-15-14-27-13-11-17-4-2-1-3-5-17/h1-9,20-21,24H,10-16H2,(H,25,26)/p-1. The van der Waals surface area contributed by atoms with Gasteiger partial charge in [0.25, 0.3) is 0 Å². The van der Waals surface area contributed by atoms with Crippen LogP contribution in [0, 0.1) is 0 Å². The number of hydrogen-bond donors (Lipinski definition) is 1. The Hall–Kier alpha value is -2.57. The van der Waals surface area contributed by atoms with E-state index in [1.165, 1.54) is 5.56 Å². The number of carbonyl (C=O) groups is 1. The lowest BCUT2D eigenvalue weighted by Gasteiger charge is -2.37. The van der Waals surface area contributed by atoms with Gasteiger partial charge >= 0.3 is 0 Å². The second-order valence-electron chi connectivity index (χ2n) is 6.94. The average Bonchev–Trinajstić information content (AvgIpc) is 2.72. The molecule has 0 spiro atoms. The van der Waals surface area contributed by atoms with Gasteiger partial charge in [-0.3, -0.25) is 0 Å². The fourth-order valence-corrected chi connectivity index (χ4v) is 3.45. The third-order valence-corrected chi connectivity index (χ3v) is 5.02. The molecule has 0 aromatic heterocycles. The number of aliphatic hydroxyl groups excluding tert-OH is 1. The minimum absolute atomic E-state index is 0.0778. The van der Waals surface area contributed by atoms with Gasteiger partial charge in [-0.25, -0.2) is 0 Å². The molecule has 1 N–H and O–H groups in total. The summed E-state index contributed by atoms with van der Waals surface area (Å²) in [7, 11) is 0. The molecule has 6 heteroatoms. The Morgan fingerprint density at radius 3 is 2.50 bits per heavy atom. The SMILES string of the molecule is O=C([O-])N1CCC(c2ccc(OCCOCCc3ccccc3)cc2)C(O)C1. The van der Waals surface area contributed by atoms with E-state index in [4.69, 9.17) is 9.47 Å². The van der Waals surface area contributed by atoms with Crippen LogP contribution in [-0.4, -0.2) is 55.1 Å². The summed E-state index contributed by atoms with van der Waals surface area (Å²) >= 11 is 0. The van der Waals surface area contributed by atoms with E-state index in [0.29, 0.717) is 32.8 Å². The minimum atomic E-state index is -1.23. The molecule has 0 aliphatic carbocycles. The van der Waals surface area contributed by atoms with Gasteiger partial charge < -0.3 is 29.4 Å². The van der Waals surface area contributed by atoms with Crippen LogP contribution in [0.15, 0.2) is 54.6 Å². The number of amides is 1. The van der Waals surface area contributed by atoms with Gasteiger partial charge in [-0.2, -0.15) is 0 Å². The fourth-order valence-electron chi connectivity index (χ4n) is 3.45. The molecule has 0 saturated carbocycles. The van der Waals surface area contributed by atoms with E-state index in [9.17, 15) is 15.0 Å². The highest BCUT2D eigenvalue weighted by molar-refractivity contribution is 5.62. The molecule has 2 unspecified atom stereocenters. The monoisotopic (exact) mass is 384 g/mol. The van der Waals surface area contributed by atoms with Crippen LogP contribution >= 0.6 is 0 Å². The molecule has 2 atom stereocenters. The van der Waals surface area contributed by atoms with E-state index in [1.54, 1.807) is 0 Å². The number of likely N-dealkylation sites (tertiary alicyclic amines) is 1. The molecule has 28 heavy (non-hydrogen) atoms. The quantitative estimate of drug-likeness (QED) is 0.702. The van der Waals surface area contributed by atoms with Gasteiger partial charge in [0.1, 0.15) is 18.4 Å². The summed E-state index contributed by atoms with van der Waals surface area (Å²) in [5, 5.41) is 21.1. The Labute approximate surface area is 165 Å². The van der Waals surface area contributed by atoms with E-state index in [2.05, 4.69) is 12.1 Å². The van der Waals surface area contributed by atoms with Crippen LogP contribution in [-0.2, 0) is 11.2 Å². The molecule has 1 saturated heterocycles. The lowest BCUT2D eigenvalue weighted by Crippen LogP contribution is -2.50. The molecule has 2 aromatic carbocycles. The summed E-state index contributed by atoms with van der Waals surface area (Å²) in [6.45, 7) is 2.12. The summed E-state index contributed by atoms with van der Waals surface area (Å²) in [6, 6.07) is 17.8. The topological polar surface area (TPSA) is 82.1 Å². The number of aliphatic hydroxyl groups is 1. The Bertz CT molecular complexity index is 734. The van der Waals surface area contributed by atoms with Crippen LogP contribution in [0.25, 0.3) is 0 Å². The van der Waals surface area contributed by atoms with Crippen molar-refractivity contribution in [2.75, 3.05) is 32.9 Å². The van der Waals surface area contributed by atoms with Crippen LogP contribution < -0.4 is 9.84 Å². The summed E-state index contributed by atoms with van der Waals surface area (Å²) in [4.78, 5) is 12.1. The molecular weight excluding hydrogens is 358 g/mol. The van der Waals surface area contributed by atoms with E-state index < -0.39 is 12.2 Å². The van der Waals surface area contributed by atoms with Gasteiger partial charge in [0.05, 0.1) is 19.3 Å². The van der Waals surface area contributed by atoms with Crippen molar-refractivity contribution < 1.29 is 24.5 Å². The number of piperidine rings is 1. The molecule has 0 radical (unpaired) electrons. The normalized spacial score (nSPS) is 19.4. The molecule has 1 aliphatic rings. The van der Waals surface area contributed by atoms with E-state index in [-0.39, 0.29) is 12.5 Å². The summed E-state index contributed by atoms with van der Waals surface area (Å²) in [5.74, 6) is 0.669. The highest BCUT2D eigenvalue weighted by Gasteiger charge is 2.28. The Kier molecular flexibility index (Phi) is 7.28. The van der Waals surface area contributed by atoms with Crippen LogP contribution in [0.3, 0.4) is 0 Å². The van der Waals surface area contributed by atoms with Gasteiger partial charge in [-0.1, -0.05) is 42.5 Å². The van der Waals surface area contributed by atoms with Gasteiger partial charge in [0.2, 0.25) is 0 Å². The maximum Gasteiger partial charge on any atom is 0.137 e. The number of nitrogens with zero attached hydrogens (tertiary/aromatic N) is 1. The summed E-state index contributed by atoms with van der Waals surface area (Å²) in [6.07, 6.45) is -0.497. The molecule has 2 aromatic rings. The number of carbonyl (C=O) groups excluding carboxylic acids is 1. The van der Waals surface area contributed by atoms with Crippen LogP contribution in [0.4, 0.5) is 4.79 Å². The lowest BCUT2D eigenvalue weighted by atomic mass is 9.87. The van der Waals surface area contributed by atoms with Crippen molar-refractivity contribution in [1.82, 2.24) is 4.90 Å². The molecular formula is C22H26NO5-. The number of β-amino-alcohol motifs (C(OH)–C–C–N with tert-alkyl or cyclic N) is 1. The van der Waals surface area contributed by atoms with Crippen molar-refractivity contribution in [3.63, 3.8) is 0 Å². The number of ether oxygens (including phenoxy) is 2. The number of hydrogen-bond acceptors (Lipinski definition) is 5. The van der Waals surface area contributed by atoms with Gasteiger partial charge in [0.15, 0.2) is 0 Å². The zero-order valence-electron chi connectivity index (χ0n) is 15.8. The van der Waals surface area contributed by atoms with Crippen molar-refractivity contribution in [1.29, 1.82) is 0 Å². The maximum absolute atomic E-state index is 10.9. The predicted octanol–water partition coefficient (Wildman–Crippen LogP) is 1.82. The lowest BCUT2D eigenvalue weighted by molar-refractivity contribution is -0.268. The molecule has 1 heterocycles.